The molecule has 2 aromatic rings. The predicted molar refractivity (Wildman–Crippen MR) is 53.6 cm³/mol. The second-order valence-corrected chi connectivity index (χ2v) is 2.85. The zero-order valence-electron chi connectivity index (χ0n) is 7.47. The number of carbonyl (C=O) groups excluding carboxylic acids is 1. The fraction of sp³-hybridized carbons (Fsp3) is 0.100. The summed E-state index contributed by atoms with van der Waals surface area (Å²) in [5, 5.41) is 0. The zero-order chi connectivity index (χ0) is 9.80. The lowest BCUT2D eigenvalue weighted by atomic mass is 10.2. The molecule has 0 bridgehead atoms. The van der Waals surface area contributed by atoms with E-state index in [1.54, 1.807) is 18.6 Å². The van der Waals surface area contributed by atoms with E-state index in [-0.39, 0.29) is 0 Å². The van der Waals surface area contributed by atoms with Gasteiger partial charge in [-0.15, -0.1) is 0 Å². The summed E-state index contributed by atoms with van der Waals surface area (Å²) in [6, 6.07) is 1.94. The summed E-state index contributed by atoms with van der Waals surface area (Å²) in [5.74, 6) is 0. The fourth-order valence-corrected chi connectivity index (χ4v) is 1.20. The number of fused-ring (bicyclic) bond motifs is 1. The highest BCUT2D eigenvalue weighted by Crippen LogP contribution is 2.09. The molecule has 0 atom stereocenters. The number of hydrogen-bond acceptors (Lipinski definition) is 3. The number of aromatic nitrogens is 3. The Labute approximate surface area is 80.7 Å². The summed E-state index contributed by atoms with van der Waals surface area (Å²) in [6.07, 6.45) is 8.29. The van der Waals surface area contributed by atoms with Crippen LogP contribution in [-0.2, 0) is 4.79 Å². The van der Waals surface area contributed by atoms with Crippen molar-refractivity contribution in [3.8, 4) is 0 Å². The highest BCUT2D eigenvalue weighted by atomic mass is 16.1. The first-order chi connectivity index (χ1) is 6.90. The first-order valence-corrected chi connectivity index (χ1v) is 4.29. The van der Waals surface area contributed by atoms with Crippen molar-refractivity contribution in [3.05, 3.63) is 30.2 Å². The highest BCUT2D eigenvalue weighted by molar-refractivity contribution is 5.73. The van der Waals surface area contributed by atoms with Crippen LogP contribution in [-0.4, -0.2) is 21.2 Å². The second kappa shape index (κ2) is 3.83. The Morgan fingerprint density at radius 2 is 2.36 bits per heavy atom. The van der Waals surface area contributed by atoms with Crippen LogP contribution < -0.4 is 0 Å². The lowest BCUT2D eigenvalue weighted by molar-refractivity contribution is -0.107. The molecule has 14 heavy (non-hydrogen) atoms. The van der Waals surface area contributed by atoms with Crippen LogP contribution in [0.1, 0.15) is 12.0 Å². The summed E-state index contributed by atoms with van der Waals surface area (Å²) in [7, 11) is 0. The highest BCUT2D eigenvalue weighted by Gasteiger charge is 1.96. The van der Waals surface area contributed by atoms with E-state index < -0.39 is 0 Å². The molecule has 0 aliphatic heterocycles. The number of nitrogens with one attached hydrogen (secondary N) is 1. The van der Waals surface area contributed by atoms with Crippen LogP contribution in [0, 0.1) is 0 Å². The van der Waals surface area contributed by atoms with E-state index in [0.717, 1.165) is 17.4 Å². The van der Waals surface area contributed by atoms with Crippen molar-refractivity contribution in [2.75, 3.05) is 0 Å². The average Bonchev–Trinajstić information content (AvgIpc) is 2.65. The number of allylic oxidation sites excluding steroid dienone is 1. The van der Waals surface area contributed by atoms with Gasteiger partial charge in [0.2, 0.25) is 0 Å². The third-order valence-corrected chi connectivity index (χ3v) is 1.84. The molecule has 2 heterocycles. The van der Waals surface area contributed by atoms with Crippen LogP contribution in [0.15, 0.2) is 24.7 Å². The maximum absolute atomic E-state index is 10.1. The van der Waals surface area contributed by atoms with Crippen molar-refractivity contribution in [2.45, 2.75) is 6.42 Å². The third kappa shape index (κ3) is 1.69. The summed E-state index contributed by atoms with van der Waals surface area (Å²) in [5.41, 5.74) is 2.57. The van der Waals surface area contributed by atoms with Crippen molar-refractivity contribution >= 4 is 23.5 Å². The Morgan fingerprint density at radius 1 is 1.43 bits per heavy atom. The number of aromatic amines is 1. The number of aldehydes is 1. The smallest absolute Gasteiger partial charge is 0.177 e. The average molecular weight is 187 g/mol. The lowest BCUT2D eigenvalue weighted by Crippen LogP contribution is -1.79. The van der Waals surface area contributed by atoms with E-state index in [1.165, 1.54) is 0 Å². The molecule has 0 spiro atoms. The van der Waals surface area contributed by atoms with Crippen LogP contribution in [0.2, 0.25) is 0 Å². The molecule has 0 radical (unpaired) electrons. The van der Waals surface area contributed by atoms with E-state index in [2.05, 4.69) is 15.0 Å². The quantitative estimate of drug-likeness (QED) is 0.742. The molecule has 0 saturated carbocycles. The molecule has 0 aliphatic carbocycles. The van der Waals surface area contributed by atoms with Crippen LogP contribution in [0.5, 0.6) is 0 Å². The van der Waals surface area contributed by atoms with Gasteiger partial charge >= 0.3 is 0 Å². The van der Waals surface area contributed by atoms with E-state index >= 15 is 0 Å². The first-order valence-electron chi connectivity index (χ1n) is 4.29. The van der Waals surface area contributed by atoms with Gasteiger partial charge in [0.25, 0.3) is 0 Å². The topological polar surface area (TPSA) is 58.6 Å². The van der Waals surface area contributed by atoms with Crippen molar-refractivity contribution in [1.29, 1.82) is 0 Å². The van der Waals surface area contributed by atoms with Crippen molar-refractivity contribution < 1.29 is 4.79 Å². The number of H-pyrrole nitrogens is 1. The minimum atomic E-state index is 0.432. The molecule has 0 aliphatic rings. The Morgan fingerprint density at radius 3 is 3.21 bits per heavy atom. The Bertz CT molecular complexity index is 473. The van der Waals surface area contributed by atoms with Gasteiger partial charge in [-0.1, -0.05) is 12.2 Å². The summed E-state index contributed by atoms with van der Waals surface area (Å²) >= 11 is 0. The maximum Gasteiger partial charge on any atom is 0.177 e. The summed E-state index contributed by atoms with van der Waals surface area (Å²) < 4.78 is 0. The fourth-order valence-electron chi connectivity index (χ4n) is 1.20. The van der Waals surface area contributed by atoms with Crippen molar-refractivity contribution in [2.24, 2.45) is 0 Å². The third-order valence-electron chi connectivity index (χ3n) is 1.84. The van der Waals surface area contributed by atoms with Gasteiger partial charge in [-0.3, -0.25) is 0 Å². The van der Waals surface area contributed by atoms with Gasteiger partial charge < -0.3 is 9.78 Å². The molecule has 0 aromatic carbocycles. The summed E-state index contributed by atoms with van der Waals surface area (Å²) in [6.45, 7) is 0. The standard InChI is InChI=1S/C10H9N3O/c14-4-2-1-3-8-5-9-10(11-6-8)13-7-12-9/h1,3-7H,2H2,(H,11,12,13). The Hall–Kier alpha value is -1.97. The van der Waals surface area contributed by atoms with Crippen LogP contribution >= 0.6 is 0 Å². The summed E-state index contributed by atoms with van der Waals surface area (Å²) in [4.78, 5) is 21.2. The van der Waals surface area contributed by atoms with E-state index in [0.29, 0.717) is 12.1 Å². The lowest BCUT2D eigenvalue weighted by Gasteiger charge is -1.91. The number of carbonyl (C=O) groups is 1. The van der Waals surface area contributed by atoms with Crippen LogP contribution in [0.4, 0.5) is 0 Å². The second-order valence-electron chi connectivity index (χ2n) is 2.85. The Balaban J connectivity index is 2.29. The van der Waals surface area contributed by atoms with Gasteiger partial charge in [-0.25, -0.2) is 9.97 Å². The molecule has 1 N–H and O–H groups in total. The number of nitrogens with zero attached hydrogens (tertiary/aromatic N) is 2. The predicted octanol–water partition coefficient (Wildman–Crippen LogP) is 1.56. The number of rotatable bonds is 3. The molecular weight excluding hydrogens is 178 g/mol. The molecule has 0 fully saturated rings. The van der Waals surface area contributed by atoms with E-state index in [1.807, 2.05) is 12.1 Å². The largest absolute Gasteiger partial charge is 0.343 e. The van der Waals surface area contributed by atoms with Gasteiger partial charge in [0.15, 0.2) is 5.65 Å². The van der Waals surface area contributed by atoms with Gasteiger partial charge in [0, 0.05) is 12.6 Å². The normalized spacial score (nSPS) is 11.1. The van der Waals surface area contributed by atoms with E-state index in [4.69, 9.17) is 0 Å². The minimum Gasteiger partial charge on any atom is -0.343 e. The number of pyridine rings is 1. The molecule has 4 nitrogen and oxygen atoms in total. The van der Waals surface area contributed by atoms with E-state index in [9.17, 15) is 4.79 Å². The molecule has 70 valence electrons. The molecule has 2 aromatic heterocycles. The monoisotopic (exact) mass is 187 g/mol. The van der Waals surface area contributed by atoms with Gasteiger partial charge in [-0.05, 0) is 11.6 Å². The molecule has 0 saturated heterocycles. The minimum absolute atomic E-state index is 0.432. The molecule has 4 heteroatoms. The van der Waals surface area contributed by atoms with Crippen LogP contribution in [0.3, 0.4) is 0 Å². The molecule has 0 amide bonds. The molecular formula is C10H9N3O. The van der Waals surface area contributed by atoms with Crippen LogP contribution in [0.25, 0.3) is 17.2 Å². The first kappa shape index (κ1) is 8.62. The number of imidazole rings is 1. The van der Waals surface area contributed by atoms with Gasteiger partial charge in [-0.2, -0.15) is 0 Å². The SMILES string of the molecule is O=CCC=Cc1cnc2nc[nH]c2c1. The number of hydrogen-bond donors (Lipinski definition) is 1. The molecule has 2 rings (SSSR count). The van der Waals surface area contributed by atoms with Gasteiger partial charge in [0.05, 0.1) is 11.8 Å². The Kier molecular flexibility index (Phi) is 2.36. The maximum atomic E-state index is 10.1. The zero-order valence-corrected chi connectivity index (χ0v) is 7.47. The van der Waals surface area contributed by atoms with Gasteiger partial charge in [0.1, 0.15) is 6.29 Å². The molecule has 0 unspecified atom stereocenters. The van der Waals surface area contributed by atoms with Crippen molar-refractivity contribution in [3.63, 3.8) is 0 Å². The van der Waals surface area contributed by atoms with Crippen molar-refractivity contribution in [1.82, 2.24) is 15.0 Å².